The van der Waals surface area contributed by atoms with Crippen molar-refractivity contribution < 1.29 is 23.8 Å². The zero-order valence-corrected chi connectivity index (χ0v) is 20.9. The van der Waals surface area contributed by atoms with Gasteiger partial charge in [0.15, 0.2) is 4.80 Å². The Kier molecular flexibility index (Phi) is 6.29. The molecular weight excluding hydrogens is 500 g/mol. The number of aromatic nitrogens is 1. The monoisotopic (exact) mass is 520 g/mol. The molecule has 4 heterocycles. The standard InChI is InChI=1S/C26H20N2O6S2/c1-3-33-25(32)21-14(2)27-26-28(22(21)19-9-6-12-35-19)23(29)20(36-26)13-15-10-11-18(34-15)16-7-4-5-8-17(16)24(30)31/h4-13,22H,3H2,1-2H3,(H,30,31)/b20-13-/t22-/m1/s1. The Morgan fingerprint density at radius 2 is 2.00 bits per heavy atom. The summed E-state index contributed by atoms with van der Waals surface area (Å²) in [4.78, 5) is 43.8. The van der Waals surface area contributed by atoms with E-state index >= 15 is 0 Å². The minimum Gasteiger partial charge on any atom is -0.478 e. The van der Waals surface area contributed by atoms with Crippen molar-refractivity contribution in [3.05, 3.63) is 101 Å². The maximum absolute atomic E-state index is 13.6. The number of aromatic carboxylic acids is 1. The molecule has 0 spiro atoms. The van der Waals surface area contributed by atoms with Crippen molar-refractivity contribution >= 4 is 40.7 Å². The molecule has 1 aromatic carbocycles. The minimum atomic E-state index is -1.06. The molecule has 3 aromatic heterocycles. The highest BCUT2D eigenvalue weighted by molar-refractivity contribution is 7.10. The molecule has 0 unspecified atom stereocenters. The molecule has 1 atom stereocenters. The molecule has 4 aromatic rings. The Bertz CT molecular complexity index is 1690. The Balaban J connectivity index is 1.62. The first-order valence-electron chi connectivity index (χ1n) is 11.0. The molecule has 1 aliphatic rings. The van der Waals surface area contributed by atoms with E-state index in [0.29, 0.717) is 37.7 Å². The van der Waals surface area contributed by atoms with Gasteiger partial charge in [-0.1, -0.05) is 35.6 Å². The van der Waals surface area contributed by atoms with Crippen LogP contribution in [0, 0.1) is 0 Å². The van der Waals surface area contributed by atoms with Gasteiger partial charge in [-0.15, -0.1) is 11.3 Å². The number of hydrogen-bond acceptors (Lipinski definition) is 8. The maximum Gasteiger partial charge on any atom is 0.338 e. The number of thiazole rings is 1. The number of allylic oxidation sites excluding steroid dienone is 1. The molecule has 10 heteroatoms. The van der Waals surface area contributed by atoms with Gasteiger partial charge in [-0.3, -0.25) is 9.36 Å². The van der Waals surface area contributed by atoms with Gasteiger partial charge >= 0.3 is 11.9 Å². The number of carboxylic acid groups (broad SMARTS) is 1. The Morgan fingerprint density at radius 3 is 2.72 bits per heavy atom. The number of furan rings is 1. The highest BCUT2D eigenvalue weighted by Gasteiger charge is 2.33. The normalized spacial score (nSPS) is 15.5. The van der Waals surface area contributed by atoms with Crippen LogP contribution in [0.15, 0.2) is 79.4 Å². The minimum absolute atomic E-state index is 0.121. The quantitative estimate of drug-likeness (QED) is 0.387. The number of carbonyl (C=O) groups is 2. The van der Waals surface area contributed by atoms with Crippen molar-refractivity contribution in [1.82, 2.24) is 4.57 Å². The van der Waals surface area contributed by atoms with E-state index in [1.807, 2.05) is 17.5 Å². The zero-order chi connectivity index (χ0) is 25.4. The van der Waals surface area contributed by atoms with E-state index in [9.17, 15) is 19.5 Å². The van der Waals surface area contributed by atoms with Gasteiger partial charge in [0.2, 0.25) is 0 Å². The number of nitrogens with zero attached hydrogens (tertiary/aromatic N) is 2. The smallest absolute Gasteiger partial charge is 0.338 e. The predicted octanol–water partition coefficient (Wildman–Crippen LogP) is 3.82. The predicted molar refractivity (Wildman–Crippen MR) is 136 cm³/mol. The topological polar surface area (TPSA) is 111 Å². The van der Waals surface area contributed by atoms with Gasteiger partial charge in [-0.2, -0.15) is 0 Å². The summed E-state index contributed by atoms with van der Waals surface area (Å²) in [7, 11) is 0. The van der Waals surface area contributed by atoms with Gasteiger partial charge in [-0.25, -0.2) is 14.6 Å². The first-order valence-corrected chi connectivity index (χ1v) is 12.7. The van der Waals surface area contributed by atoms with E-state index in [-0.39, 0.29) is 17.7 Å². The van der Waals surface area contributed by atoms with Crippen LogP contribution in [0.25, 0.3) is 17.4 Å². The van der Waals surface area contributed by atoms with Crippen LogP contribution in [0.2, 0.25) is 0 Å². The Hall–Kier alpha value is -4.02. The number of benzene rings is 1. The van der Waals surface area contributed by atoms with Crippen LogP contribution in [-0.2, 0) is 9.53 Å². The fourth-order valence-electron chi connectivity index (χ4n) is 4.10. The van der Waals surface area contributed by atoms with Crippen molar-refractivity contribution in [1.29, 1.82) is 0 Å². The molecule has 8 nitrogen and oxygen atoms in total. The van der Waals surface area contributed by atoms with E-state index in [2.05, 4.69) is 4.99 Å². The highest BCUT2D eigenvalue weighted by atomic mass is 32.1. The van der Waals surface area contributed by atoms with Crippen molar-refractivity contribution in [2.75, 3.05) is 6.61 Å². The summed E-state index contributed by atoms with van der Waals surface area (Å²) in [5.41, 5.74) is 1.10. The molecule has 1 aliphatic heterocycles. The second-order valence-electron chi connectivity index (χ2n) is 7.87. The van der Waals surface area contributed by atoms with E-state index in [1.54, 1.807) is 50.3 Å². The van der Waals surface area contributed by atoms with Crippen LogP contribution < -0.4 is 14.9 Å². The van der Waals surface area contributed by atoms with Crippen LogP contribution in [0.1, 0.15) is 40.9 Å². The molecule has 0 amide bonds. The molecule has 36 heavy (non-hydrogen) atoms. The summed E-state index contributed by atoms with van der Waals surface area (Å²) in [6.45, 7) is 3.68. The average Bonchev–Trinajstić information content (AvgIpc) is 3.60. The number of carboxylic acids is 1. The molecular formula is C26H20N2O6S2. The fourth-order valence-corrected chi connectivity index (χ4v) is 5.95. The zero-order valence-electron chi connectivity index (χ0n) is 19.3. The van der Waals surface area contributed by atoms with Gasteiger partial charge in [-0.05, 0) is 43.5 Å². The van der Waals surface area contributed by atoms with E-state index in [1.165, 1.54) is 33.3 Å². The average molecular weight is 521 g/mol. The van der Waals surface area contributed by atoms with E-state index in [4.69, 9.17) is 9.15 Å². The lowest BCUT2D eigenvalue weighted by atomic mass is 10.0. The molecule has 0 saturated carbocycles. The summed E-state index contributed by atoms with van der Waals surface area (Å²) in [5.74, 6) is -0.786. The SMILES string of the molecule is CCOC(=O)C1=C(C)N=c2s/c(=C\c3ccc(-c4ccccc4C(=O)O)o3)c(=O)n2[C@@H]1c1cccs1. The number of ether oxygens (including phenoxy) is 1. The van der Waals surface area contributed by atoms with Crippen LogP contribution in [-0.4, -0.2) is 28.2 Å². The number of thiophene rings is 1. The van der Waals surface area contributed by atoms with Crippen molar-refractivity contribution in [2.24, 2.45) is 4.99 Å². The Morgan fingerprint density at radius 1 is 1.19 bits per heavy atom. The van der Waals surface area contributed by atoms with Crippen LogP contribution in [0.4, 0.5) is 0 Å². The van der Waals surface area contributed by atoms with Crippen LogP contribution in [0.5, 0.6) is 0 Å². The molecule has 0 aliphatic carbocycles. The molecule has 182 valence electrons. The molecule has 0 fully saturated rings. The number of carbonyl (C=O) groups excluding carboxylic acids is 1. The third-order valence-electron chi connectivity index (χ3n) is 5.65. The third-order valence-corrected chi connectivity index (χ3v) is 7.56. The van der Waals surface area contributed by atoms with Crippen molar-refractivity contribution in [3.63, 3.8) is 0 Å². The lowest BCUT2D eigenvalue weighted by molar-refractivity contribution is -0.139. The first kappa shape index (κ1) is 23.7. The molecule has 1 N–H and O–H groups in total. The molecule has 0 radical (unpaired) electrons. The van der Waals surface area contributed by atoms with Gasteiger partial charge in [0.05, 0.1) is 28.0 Å². The molecule has 5 rings (SSSR count). The summed E-state index contributed by atoms with van der Waals surface area (Å²) in [5, 5.41) is 11.4. The van der Waals surface area contributed by atoms with Crippen molar-refractivity contribution in [2.45, 2.75) is 19.9 Å². The summed E-state index contributed by atoms with van der Waals surface area (Å²) < 4.78 is 13.1. The van der Waals surface area contributed by atoms with Crippen molar-refractivity contribution in [3.8, 4) is 11.3 Å². The maximum atomic E-state index is 13.6. The van der Waals surface area contributed by atoms with Gasteiger partial charge in [0.1, 0.15) is 17.6 Å². The molecule has 0 saturated heterocycles. The lowest BCUT2D eigenvalue weighted by Gasteiger charge is -2.23. The molecule has 0 bridgehead atoms. The number of fused-ring (bicyclic) bond motifs is 1. The highest BCUT2D eigenvalue weighted by Crippen LogP contribution is 2.33. The largest absolute Gasteiger partial charge is 0.478 e. The lowest BCUT2D eigenvalue weighted by Crippen LogP contribution is -2.39. The summed E-state index contributed by atoms with van der Waals surface area (Å²) in [6, 6.07) is 13.0. The summed E-state index contributed by atoms with van der Waals surface area (Å²) >= 11 is 2.64. The van der Waals surface area contributed by atoms with Gasteiger partial charge in [0, 0.05) is 16.5 Å². The number of hydrogen-bond donors (Lipinski definition) is 1. The van der Waals surface area contributed by atoms with Gasteiger partial charge < -0.3 is 14.3 Å². The van der Waals surface area contributed by atoms with Crippen LogP contribution in [0.3, 0.4) is 0 Å². The van der Waals surface area contributed by atoms with Gasteiger partial charge in [0.25, 0.3) is 5.56 Å². The first-order chi connectivity index (χ1) is 17.4. The van der Waals surface area contributed by atoms with Crippen LogP contribution >= 0.6 is 22.7 Å². The fraction of sp³-hybridized carbons (Fsp3) is 0.154. The van der Waals surface area contributed by atoms with E-state index < -0.39 is 18.0 Å². The third kappa shape index (κ3) is 4.14. The second-order valence-corrected chi connectivity index (χ2v) is 9.86. The van der Waals surface area contributed by atoms with E-state index in [0.717, 1.165) is 4.88 Å². The second kappa shape index (κ2) is 9.56. The number of rotatable bonds is 6. The number of esters is 1. The Labute approximate surface area is 212 Å². The summed E-state index contributed by atoms with van der Waals surface area (Å²) in [6.07, 6.45) is 1.60.